The van der Waals surface area contributed by atoms with Crippen LogP contribution >= 0.6 is 0 Å². The van der Waals surface area contributed by atoms with E-state index in [4.69, 9.17) is 0 Å². The number of pyridine rings is 1. The quantitative estimate of drug-likeness (QED) is 0.921. The number of piperidine rings is 3. The maximum Gasteiger partial charge on any atom is 0.131 e. The lowest BCUT2D eigenvalue weighted by Crippen LogP contribution is -2.59. The summed E-state index contributed by atoms with van der Waals surface area (Å²) in [4.78, 5) is 7.10. The van der Waals surface area contributed by atoms with E-state index >= 15 is 0 Å². The van der Waals surface area contributed by atoms with E-state index in [0.29, 0.717) is 17.6 Å². The van der Waals surface area contributed by atoms with Gasteiger partial charge in [0.2, 0.25) is 0 Å². The van der Waals surface area contributed by atoms with Crippen molar-refractivity contribution in [3.05, 3.63) is 47.9 Å². The predicted octanol–water partition coefficient (Wildman–Crippen LogP) is 4.09. The molecule has 2 unspecified atom stereocenters. The predicted molar refractivity (Wildman–Crippen MR) is 95.5 cm³/mol. The Morgan fingerprint density at radius 3 is 2.58 bits per heavy atom. The number of aryl methyl sites for hydroxylation is 1. The first-order valence-electron chi connectivity index (χ1n) is 8.85. The number of halogens is 1. The molecule has 4 heteroatoms. The number of benzene rings is 1. The molecule has 1 aromatic carbocycles. The summed E-state index contributed by atoms with van der Waals surface area (Å²) in [6.07, 6.45) is 4.31. The van der Waals surface area contributed by atoms with Crippen LogP contribution in [0.4, 0.5) is 10.2 Å². The fourth-order valence-electron chi connectivity index (χ4n) is 4.21. The molecule has 0 spiro atoms. The van der Waals surface area contributed by atoms with Gasteiger partial charge in [0, 0.05) is 29.4 Å². The third kappa shape index (κ3) is 2.80. The van der Waals surface area contributed by atoms with Crippen LogP contribution in [0.3, 0.4) is 0 Å². The highest BCUT2D eigenvalue weighted by Gasteiger charge is 2.39. The lowest BCUT2D eigenvalue weighted by molar-refractivity contribution is 0.0457. The molecule has 3 aliphatic heterocycles. The first-order valence-corrected chi connectivity index (χ1v) is 8.85. The summed E-state index contributed by atoms with van der Waals surface area (Å²) in [7, 11) is 0. The summed E-state index contributed by atoms with van der Waals surface area (Å²) < 4.78 is 14.1. The average Bonchev–Trinajstić information content (AvgIpc) is 2.59. The van der Waals surface area contributed by atoms with Crippen LogP contribution in [0.1, 0.15) is 25.3 Å². The van der Waals surface area contributed by atoms with Gasteiger partial charge < -0.3 is 5.32 Å². The minimum atomic E-state index is -0.191. The van der Waals surface area contributed by atoms with Crippen molar-refractivity contribution in [3.8, 4) is 11.1 Å². The zero-order valence-corrected chi connectivity index (χ0v) is 14.3. The van der Waals surface area contributed by atoms with E-state index < -0.39 is 0 Å². The molecular weight excluding hydrogens is 301 g/mol. The Kier molecular flexibility index (Phi) is 4.01. The van der Waals surface area contributed by atoms with Crippen molar-refractivity contribution in [2.24, 2.45) is 5.92 Å². The maximum atomic E-state index is 14.1. The van der Waals surface area contributed by atoms with Crippen molar-refractivity contribution in [2.45, 2.75) is 38.8 Å². The Morgan fingerprint density at radius 2 is 1.96 bits per heavy atom. The molecule has 3 saturated heterocycles. The Balaban J connectivity index is 1.52. The van der Waals surface area contributed by atoms with E-state index in [2.05, 4.69) is 22.1 Å². The largest absolute Gasteiger partial charge is 0.365 e. The standard InChI is InChI=1S/C20H24FN3/c1-13-3-5-17(18(21)11-13)16-4-6-19(22-12-16)23-20-14(2)24-9-7-15(20)8-10-24/h3-6,11-12,14-15,20H,7-10H2,1-2H3,(H,22,23). The van der Waals surface area contributed by atoms with Crippen LogP contribution in [-0.4, -0.2) is 35.1 Å². The molecule has 1 N–H and O–H groups in total. The van der Waals surface area contributed by atoms with Crippen LogP contribution < -0.4 is 5.32 Å². The normalized spacial score (nSPS) is 28.8. The summed E-state index contributed by atoms with van der Waals surface area (Å²) in [6.45, 7) is 6.65. The number of hydrogen-bond acceptors (Lipinski definition) is 3. The zero-order valence-electron chi connectivity index (χ0n) is 14.3. The van der Waals surface area contributed by atoms with Crippen LogP contribution in [0.2, 0.25) is 0 Å². The molecule has 3 aliphatic rings. The molecule has 3 fully saturated rings. The molecule has 2 aromatic rings. The molecule has 0 amide bonds. The third-order valence-corrected chi connectivity index (χ3v) is 5.69. The Labute approximate surface area is 142 Å². The van der Waals surface area contributed by atoms with Crippen LogP contribution in [0.5, 0.6) is 0 Å². The summed E-state index contributed by atoms with van der Waals surface area (Å²) in [6, 6.07) is 10.3. The summed E-state index contributed by atoms with van der Waals surface area (Å²) in [5.41, 5.74) is 2.36. The van der Waals surface area contributed by atoms with Crippen LogP contribution in [0.25, 0.3) is 11.1 Å². The number of anilines is 1. The fraction of sp³-hybridized carbons (Fsp3) is 0.450. The van der Waals surface area contributed by atoms with E-state index in [-0.39, 0.29) is 5.82 Å². The van der Waals surface area contributed by atoms with E-state index in [0.717, 1.165) is 22.9 Å². The van der Waals surface area contributed by atoms with E-state index in [9.17, 15) is 4.39 Å². The van der Waals surface area contributed by atoms with Crippen molar-refractivity contribution in [1.29, 1.82) is 0 Å². The van der Waals surface area contributed by atoms with Gasteiger partial charge in [-0.3, -0.25) is 4.90 Å². The SMILES string of the molecule is Cc1ccc(-c2ccc(NC3C4CCN(CC4)C3C)nc2)c(F)c1. The highest BCUT2D eigenvalue weighted by Crippen LogP contribution is 2.34. The highest BCUT2D eigenvalue weighted by atomic mass is 19.1. The molecule has 5 rings (SSSR count). The van der Waals surface area contributed by atoms with Gasteiger partial charge in [0.15, 0.2) is 0 Å². The van der Waals surface area contributed by atoms with Gasteiger partial charge in [0.05, 0.1) is 0 Å². The van der Waals surface area contributed by atoms with Gasteiger partial charge in [0.25, 0.3) is 0 Å². The molecule has 3 nitrogen and oxygen atoms in total. The van der Waals surface area contributed by atoms with Gasteiger partial charge in [0.1, 0.15) is 11.6 Å². The smallest absolute Gasteiger partial charge is 0.131 e. The molecule has 2 atom stereocenters. The van der Waals surface area contributed by atoms with Gasteiger partial charge in [-0.25, -0.2) is 9.37 Å². The van der Waals surface area contributed by atoms with Crippen molar-refractivity contribution in [3.63, 3.8) is 0 Å². The number of nitrogens with one attached hydrogen (secondary N) is 1. The fourth-order valence-corrected chi connectivity index (χ4v) is 4.21. The van der Waals surface area contributed by atoms with Crippen LogP contribution in [0.15, 0.2) is 36.5 Å². The lowest BCUT2D eigenvalue weighted by Gasteiger charge is -2.50. The number of nitrogens with zero attached hydrogens (tertiary/aromatic N) is 2. The maximum absolute atomic E-state index is 14.1. The second kappa shape index (κ2) is 6.17. The summed E-state index contributed by atoms with van der Waals surface area (Å²) in [5.74, 6) is 1.43. The number of hydrogen-bond donors (Lipinski definition) is 1. The van der Waals surface area contributed by atoms with Gasteiger partial charge in [-0.2, -0.15) is 0 Å². The number of rotatable bonds is 3. The van der Waals surface area contributed by atoms with E-state index in [1.807, 2.05) is 31.2 Å². The monoisotopic (exact) mass is 325 g/mol. The highest BCUT2D eigenvalue weighted by molar-refractivity contribution is 5.64. The van der Waals surface area contributed by atoms with Crippen LogP contribution in [-0.2, 0) is 0 Å². The molecule has 126 valence electrons. The molecule has 0 radical (unpaired) electrons. The Morgan fingerprint density at radius 1 is 1.17 bits per heavy atom. The first-order chi connectivity index (χ1) is 11.6. The second-order valence-electron chi connectivity index (χ2n) is 7.20. The summed E-state index contributed by atoms with van der Waals surface area (Å²) >= 11 is 0. The molecule has 4 heterocycles. The minimum Gasteiger partial charge on any atom is -0.365 e. The first kappa shape index (κ1) is 15.6. The van der Waals surface area contributed by atoms with Crippen molar-refractivity contribution < 1.29 is 4.39 Å². The van der Waals surface area contributed by atoms with Gasteiger partial charge in [-0.05, 0) is 69.5 Å². The molecule has 2 bridgehead atoms. The van der Waals surface area contributed by atoms with Crippen molar-refractivity contribution in [1.82, 2.24) is 9.88 Å². The number of fused-ring (bicyclic) bond motifs is 3. The zero-order chi connectivity index (χ0) is 16.7. The molecule has 0 saturated carbocycles. The summed E-state index contributed by atoms with van der Waals surface area (Å²) in [5, 5.41) is 3.62. The van der Waals surface area contributed by atoms with Gasteiger partial charge >= 0.3 is 0 Å². The topological polar surface area (TPSA) is 28.2 Å². The molecule has 0 aliphatic carbocycles. The van der Waals surface area contributed by atoms with Crippen molar-refractivity contribution in [2.75, 3.05) is 18.4 Å². The van der Waals surface area contributed by atoms with Crippen LogP contribution in [0, 0.1) is 18.7 Å². The minimum absolute atomic E-state index is 0.191. The Hall–Kier alpha value is -1.94. The van der Waals surface area contributed by atoms with E-state index in [1.54, 1.807) is 12.3 Å². The van der Waals surface area contributed by atoms with Crippen molar-refractivity contribution >= 4 is 5.82 Å². The average molecular weight is 325 g/mol. The van der Waals surface area contributed by atoms with E-state index in [1.165, 1.54) is 25.9 Å². The third-order valence-electron chi connectivity index (χ3n) is 5.69. The number of aromatic nitrogens is 1. The molecular formula is C20H24FN3. The molecule has 24 heavy (non-hydrogen) atoms. The van der Waals surface area contributed by atoms with Gasteiger partial charge in [-0.1, -0.05) is 12.1 Å². The lowest BCUT2D eigenvalue weighted by atomic mass is 9.79. The van der Waals surface area contributed by atoms with Gasteiger partial charge in [-0.15, -0.1) is 0 Å². The molecule has 1 aromatic heterocycles. The second-order valence-corrected chi connectivity index (χ2v) is 7.20. The Bertz CT molecular complexity index is 718.